The van der Waals surface area contributed by atoms with Gasteiger partial charge in [0.05, 0.1) is 12.5 Å². The number of para-hydroxylation sites is 1. The van der Waals surface area contributed by atoms with Crippen molar-refractivity contribution in [1.29, 1.82) is 0 Å². The number of rotatable bonds is 3. The van der Waals surface area contributed by atoms with Crippen LogP contribution in [0.15, 0.2) is 48.5 Å². The maximum atomic E-state index is 12.1. The van der Waals surface area contributed by atoms with Gasteiger partial charge in [-0.25, -0.2) is 0 Å². The quantitative estimate of drug-likeness (QED) is 0.942. The highest BCUT2D eigenvalue weighted by atomic mass is 35.5. The highest BCUT2D eigenvalue weighted by Gasteiger charge is 2.24. The summed E-state index contributed by atoms with van der Waals surface area (Å²) in [6.07, 6.45) is 0.319. The van der Waals surface area contributed by atoms with Crippen molar-refractivity contribution < 1.29 is 9.53 Å². The molecule has 0 saturated heterocycles. The van der Waals surface area contributed by atoms with Crippen LogP contribution >= 0.6 is 11.6 Å². The first-order chi connectivity index (χ1) is 9.72. The Kier molecular flexibility index (Phi) is 3.61. The summed E-state index contributed by atoms with van der Waals surface area (Å²) in [5, 5.41) is 3.64. The highest BCUT2D eigenvalue weighted by Crippen LogP contribution is 2.31. The van der Waals surface area contributed by atoms with E-state index in [4.69, 9.17) is 16.3 Å². The molecular formula is C16H14ClNO2. The summed E-state index contributed by atoms with van der Waals surface area (Å²) in [7, 11) is 0. The predicted octanol–water partition coefficient (Wildman–Crippen LogP) is 3.13. The van der Waals surface area contributed by atoms with Crippen LogP contribution in [0.4, 0.5) is 0 Å². The van der Waals surface area contributed by atoms with E-state index in [0.717, 1.165) is 16.9 Å². The van der Waals surface area contributed by atoms with Gasteiger partial charge in [-0.2, -0.15) is 0 Å². The summed E-state index contributed by atoms with van der Waals surface area (Å²) in [5.41, 5.74) is 1.94. The van der Waals surface area contributed by atoms with Gasteiger partial charge in [-0.1, -0.05) is 41.9 Å². The Morgan fingerprint density at radius 2 is 2.10 bits per heavy atom. The molecule has 1 amide bonds. The van der Waals surface area contributed by atoms with Crippen LogP contribution in [0.1, 0.15) is 17.2 Å². The minimum Gasteiger partial charge on any atom is -0.491 e. The maximum absolute atomic E-state index is 12.1. The van der Waals surface area contributed by atoms with Crippen molar-refractivity contribution in [3.8, 4) is 5.75 Å². The molecule has 0 radical (unpaired) electrons. The summed E-state index contributed by atoms with van der Waals surface area (Å²) in [4.78, 5) is 12.1. The monoisotopic (exact) mass is 287 g/mol. The molecule has 0 fully saturated rings. The van der Waals surface area contributed by atoms with Gasteiger partial charge in [0.15, 0.2) is 0 Å². The number of amides is 1. The molecule has 2 aromatic rings. The fourth-order valence-electron chi connectivity index (χ4n) is 2.36. The molecule has 20 heavy (non-hydrogen) atoms. The lowest BCUT2D eigenvalue weighted by Crippen LogP contribution is -2.30. The number of benzene rings is 2. The lowest BCUT2D eigenvalue weighted by atomic mass is 10.1. The van der Waals surface area contributed by atoms with E-state index in [0.29, 0.717) is 18.1 Å². The molecule has 2 aromatic carbocycles. The lowest BCUT2D eigenvalue weighted by molar-refractivity contribution is -0.121. The molecule has 0 aliphatic carbocycles. The normalized spacial score (nSPS) is 16.4. The summed E-state index contributed by atoms with van der Waals surface area (Å²) in [6.45, 7) is 0.487. The van der Waals surface area contributed by atoms with E-state index in [1.165, 1.54) is 0 Å². The number of hydrogen-bond acceptors (Lipinski definition) is 2. The second-order valence-electron chi connectivity index (χ2n) is 4.78. The van der Waals surface area contributed by atoms with Crippen molar-refractivity contribution in [2.45, 2.75) is 12.5 Å². The van der Waals surface area contributed by atoms with E-state index in [1.54, 1.807) is 12.1 Å². The van der Waals surface area contributed by atoms with Crippen LogP contribution in [-0.2, 0) is 11.2 Å². The minimum atomic E-state index is -0.0714. The molecule has 102 valence electrons. The zero-order chi connectivity index (χ0) is 13.9. The van der Waals surface area contributed by atoms with Crippen LogP contribution in [0, 0.1) is 0 Å². The molecule has 1 N–H and O–H groups in total. The van der Waals surface area contributed by atoms with Gasteiger partial charge in [-0.15, -0.1) is 0 Å². The molecule has 3 rings (SSSR count). The Morgan fingerprint density at radius 3 is 2.95 bits per heavy atom. The molecule has 3 nitrogen and oxygen atoms in total. The number of nitrogens with one attached hydrogen (secondary N) is 1. The zero-order valence-electron chi connectivity index (χ0n) is 10.8. The third-order valence-corrected chi connectivity index (χ3v) is 3.52. The molecule has 1 atom stereocenters. The van der Waals surface area contributed by atoms with Gasteiger partial charge < -0.3 is 10.1 Å². The molecule has 4 heteroatoms. The van der Waals surface area contributed by atoms with Crippen molar-refractivity contribution in [1.82, 2.24) is 5.32 Å². The Bertz CT molecular complexity index is 642. The second kappa shape index (κ2) is 5.55. The first-order valence-electron chi connectivity index (χ1n) is 6.48. The standard InChI is InChI=1S/C16H14ClNO2/c17-12-5-3-4-11(8-12)9-16(19)18-14-10-20-15-7-2-1-6-13(14)15/h1-8,14H,9-10H2,(H,18,19). The predicted molar refractivity (Wildman–Crippen MR) is 78.0 cm³/mol. The third kappa shape index (κ3) is 2.78. The fourth-order valence-corrected chi connectivity index (χ4v) is 2.57. The van der Waals surface area contributed by atoms with Crippen molar-refractivity contribution in [3.63, 3.8) is 0 Å². The van der Waals surface area contributed by atoms with Crippen molar-refractivity contribution in [2.75, 3.05) is 6.61 Å². The van der Waals surface area contributed by atoms with E-state index < -0.39 is 0 Å². The Morgan fingerprint density at radius 1 is 1.25 bits per heavy atom. The summed E-state index contributed by atoms with van der Waals surface area (Å²) < 4.78 is 5.55. The summed E-state index contributed by atoms with van der Waals surface area (Å²) in [6, 6.07) is 15.0. The third-order valence-electron chi connectivity index (χ3n) is 3.29. The van der Waals surface area contributed by atoms with Crippen LogP contribution < -0.4 is 10.1 Å². The number of halogens is 1. The number of carbonyl (C=O) groups excluding carboxylic acids is 1. The lowest BCUT2D eigenvalue weighted by Gasteiger charge is -2.11. The Hall–Kier alpha value is -2.00. The first-order valence-corrected chi connectivity index (χ1v) is 6.86. The Balaban J connectivity index is 1.66. The molecule has 1 unspecified atom stereocenters. The van der Waals surface area contributed by atoms with Gasteiger partial charge in [-0.05, 0) is 23.8 Å². The van der Waals surface area contributed by atoms with Crippen molar-refractivity contribution in [3.05, 3.63) is 64.7 Å². The number of ether oxygens (including phenoxy) is 1. The van der Waals surface area contributed by atoms with Gasteiger partial charge in [0.1, 0.15) is 12.4 Å². The molecule has 0 saturated carbocycles. The maximum Gasteiger partial charge on any atom is 0.225 e. The van der Waals surface area contributed by atoms with E-state index in [1.807, 2.05) is 36.4 Å². The molecular weight excluding hydrogens is 274 g/mol. The second-order valence-corrected chi connectivity index (χ2v) is 5.21. The SMILES string of the molecule is O=C(Cc1cccc(Cl)c1)NC1COc2ccccc21. The van der Waals surface area contributed by atoms with Gasteiger partial charge in [0, 0.05) is 10.6 Å². The van der Waals surface area contributed by atoms with Crippen molar-refractivity contribution in [2.24, 2.45) is 0 Å². The highest BCUT2D eigenvalue weighted by molar-refractivity contribution is 6.30. The molecule has 0 aromatic heterocycles. The fraction of sp³-hybridized carbons (Fsp3) is 0.188. The van der Waals surface area contributed by atoms with Gasteiger partial charge in [0.25, 0.3) is 0 Å². The minimum absolute atomic E-state index is 0.0300. The van der Waals surface area contributed by atoms with Crippen molar-refractivity contribution >= 4 is 17.5 Å². The molecule has 1 aliphatic heterocycles. The largest absolute Gasteiger partial charge is 0.491 e. The van der Waals surface area contributed by atoms with Gasteiger partial charge in [-0.3, -0.25) is 4.79 Å². The van der Waals surface area contributed by atoms with Crippen LogP contribution in [0.5, 0.6) is 5.75 Å². The molecule has 0 spiro atoms. The van der Waals surface area contributed by atoms with Gasteiger partial charge >= 0.3 is 0 Å². The molecule has 1 aliphatic rings. The molecule has 1 heterocycles. The van der Waals surface area contributed by atoms with Crippen LogP contribution in [-0.4, -0.2) is 12.5 Å². The van der Waals surface area contributed by atoms with Gasteiger partial charge in [0.2, 0.25) is 5.91 Å². The van der Waals surface area contributed by atoms with E-state index in [-0.39, 0.29) is 11.9 Å². The topological polar surface area (TPSA) is 38.3 Å². The number of fused-ring (bicyclic) bond motifs is 1. The summed E-state index contributed by atoms with van der Waals surface area (Å²) in [5.74, 6) is 0.818. The van der Waals surface area contributed by atoms with E-state index in [9.17, 15) is 4.79 Å². The average molecular weight is 288 g/mol. The first kappa shape index (κ1) is 13.0. The van der Waals surface area contributed by atoms with E-state index >= 15 is 0 Å². The average Bonchev–Trinajstić information content (AvgIpc) is 2.82. The van der Waals surface area contributed by atoms with Crippen LogP contribution in [0.3, 0.4) is 0 Å². The van der Waals surface area contributed by atoms with Crippen LogP contribution in [0.25, 0.3) is 0 Å². The zero-order valence-corrected chi connectivity index (χ0v) is 11.6. The number of hydrogen-bond donors (Lipinski definition) is 1. The molecule has 0 bridgehead atoms. The smallest absolute Gasteiger partial charge is 0.225 e. The summed E-state index contributed by atoms with van der Waals surface area (Å²) >= 11 is 5.91. The Labute approximate surface area is 122 Å². The van der Waals surface area contributed by atoms with E-state index in [2.05, 4.69) is 5.32 Å². The van der Waals surface area contributed by atoms with Crippen LogP contribution in [0.2, 0.25) is 5.02 Å². The number of carbonyl (C=O) groups is 1.